The fourth-order valence-corrected chi connectivity index (χ4v) is 2.77. The van der Waals surface area contributed by atoms with Crippen molar-refractivity contribution in [3.05, 3.63) is 52.0 Å². The van der Waals surface area contributed by atoms with E-state index in [-0.39, 0.29) is 6.04 Å². The third kappa shape index (κ3) is 3.33. The van der Waals surface area contributed by atoms with Gasteiger partial charge < -0.3 is 4.57 Å². The Bertz CT molecular complexity index is 548. The first kappa shape index (κ1) is 15.3. The predicted molar refractivity (Wildman–Crippen MR) is 82.7 cm³/mol. The number of nitrogens with zero attached hydrogens (tertiary/aromatic N) is 2. The van der Waals surface area contributed by atoms with E-state index in [4.69, 9.17) is 29.0 Å². The van der Waals surface area contributed by atoms with Gasteiger partial charge in [0.05, 0.1) is 6.04 Å². The Labute approximate surface area is 128 Å². The number of hydrogen-bond acceptors (Lipinski definition) is 3. The number of hydrazine groups is 1. The average molecular weight is 313 g/mol. The summed E-state index contributed by atoms with van der Waals surface area (Å²) < 4.78 is 2.09. The summed E-state index contributed by atoms with van der Waals surface area (Å²) in [7, 11) is 0. The van der Waals surface area contributed by atoms with E-state index in [2.05, 4.69) is 21.9 Å². The summed E-state index contributed by atoms with van der Waals surface area (Å²) in [4.78, 5) is 4.40. The second-order valence-corrected chi connectivity index (χ2v) is 5.42. The number of hydrogen-bond donors (Lipinski definition) is 2. The van der Waals surface area contributed by atoms with Crippen LogP contribution in [-0.2, 0) is 13.0 Å². The quantitative estimate of drug-likeness (QED) is 0.635. The van der Waals surface area contributed by atoms with Crippen LogP contribution in [0.15, 0.2) is 30.6 Å². The number of benzene rings is 1. The van der Waals surface area contributed by atoms with Crippen LogP contribution in [0.25, 0.3) is 0 Å². The summed E-state index contributed by atoms with van der Waals surface area (Å²) in [6.45, 7) is 3.03. The number of nitrogens with two attached hydrogens (primary N) is 1. The highest BCUT2D eigenvalue weighted by Crippen LogP contribution is 2.28. The molecule has 1 heterocycles. The first-order valence-electron chi connectivity index (χ1n) is 6.57. The molecule has 1 atom stereocenters. The maximum absolute atomic E-state index is 6.21. The molecular formula is C14H18Cl2N4. The summed E-state index contributed by atoms with van der Waals surface area (Å²) in [6, 6.07) is 5.36. The van der Waals surface area contributed by atoms with Gasteiger partial charge in [-0.05, 0) is 30.5 Å². The van der Waals surface area contributed by atoms with Gasteiger partial charge in [0.1, 0.15) is 5.82 Å². The SMILES string of the molecule is CCCn1ccnc1C(Cc1c(Cl)cccc1Cl)NN. The molecule has 0 radical (unpaired) electrons. The molecule has 1 unspecified atom stereocenters. The third-order valence-electron chi connectivity index (χ3n) is 3.19. The second kappa shape index (κ2) is 7.09. The molecule has 0 saturated heterocycles. The Morgan fingerprint density at radius 1 is 1.35 bits per heavy atom. The zero-order chi connectivity index (χ0) is 14.5. The van der Waals surface area contributed by atoms with Gasteiger partial charge in [-0.25, -0.2) is 10.4 Å². The van der Waals surface area contributed by atoms with E-state index in [1.807, 2.05) is 24.4 Å². The van der Waals surface area contributed by atoms with E-state index in [0.717, 1.165) is 24.4 Å². The molecule has 4 nitrogen and oxygen atoms in total. The highest BCUT2D eigenvalue weighted by atomic mass is 35.5. The summed E-state index contributed by atoms with van der Waals surface area (Å²) in [6.07, 6.45) is 5.37. The minimum Gasteiger partial charge on any atom is -0.334 e. The van der Waals surface area contributed by atoms with Crippen molar-refractivity contribution in [2.75, 3.05) is 0 Å². The van der Waals surface area contributed by atoms with Crippen molar-refractivity contribution in [3.8, 4) is 0 Å². The molecule has 0 aliphatic rings. The van der Waals surface area contributed by atoms with Crippen molar-refractivity contribution >= 4 is 23.2 Å². The standard InChI is InChI=1S/C14H18Cl2N4/c1-2-7-20-8-6-18-14(20)13(19-17)9-10-11(15)4-3-5-12(10)16/h3-6,8,13,19H,2,7,9,17H2,1H3. The first-order valence-corrected chi connectivity index (χ1v) is 7.33. The zero-order valence-electron chi connectivity index (χ0n) is 11.3. The summed E-state index contributed by atoms with van der Waals surface area (Å²) in [5, 5.41) is 1.29. The molecule has 0 fully saturated rings. The molecule has 0 amide bonds. The lowest BCUT2D eigenvalue weighted by Crippen LogP contribution is -2.32. The Morgan fingerprint density at radius 3 is 2.65 bits per heavy atom. The van der Waals surface area contributed by atoms with Gasteiger partial charge in [-0.3, -0.25) is 5.84 Å². The van der Waals surface area contributed by atoms with Gasteiger partial charge in [0.2, 0.25) is 0 Å². The Kier molecular flexibility index (Phi) is 5.43. The number of imidazole rings is 1. The Morgan fingerprint density at radius 2 is 2.05 bits per heavy atom. The number of aromatic nitrogens is 2. The van der Waals surface area contributed by atoms with E-state index in [0.29, 0.717) is 16.5 Å². The van der Waals surface area contributed by atoms with Gasteiger partial charge in [0.15, 0.2) is 0 Å². The summed E-state index contributed by atoms with van der Waals surface area (Å²) in [5.41, 5.74) is 3.69. The molecule has 6 heteroatoms. The lowest BCUT2D eigenvalue weighted by molar-refractivity contribution is 0.488. The van der Waals surface area contributed by atoms with Crippen molar-refractivity contribution < 1.29 is 0 Å². The molecule has 2 aromatic rings. The monoisotopic (exact) mass is 312 g/mol. The number of rotatable bonds is 6. The maximum Gasteiger partial charge on any atom is 0.127 e. The number of nitrogens with one attached hydrogen (secondary N) is 1. The molecule has 0 aliphatic heterocycles. The summed E-state index contributed by atoms with van der Waals surface area (Å²) in [5.74, 6) is 6.58. The van der Waals surface area contributed by atoms with Crippen LogP contribution in [0.5, 0.6) is 0 Å². The van der Waals surface area contributed by atoms with Gasteiger partial charge in [0.25, 0.3) is 0 Å². The lowest BCUT2D eigenvalue weighted by Gasteiger charge is -2.18. The summed E-state index contributed by atoms with van der Waals surface area (Å²) >= 11 is 12.4. The van der Waals surface area contributed by atoms with Crippen LogP contribution < -0.4 is 11.3 Å². The molecule has 1 aromatic heterocycles. The van der Waals surface area contributed by atoms with Crippen LogP contribution in [0.4, 0.5) is 0 Å². The second-order valence-electron chi connectivity index (χ2n) is 4.60. The molecule has 0 saturated carbocycles. The first-order chi connectivity index (χ1) is 9.67. The normalized spacial score (nSPS) is 12.6. The van der Waals surface area contributed by atoms with Crippen molar-refractivity contribution in [2.24, 2.45) is 5.84 Å². The smallest absolute Gasteiger partial charge is 0.127 e. The lowest BCUT2D eigenvalue weighted by atomic mass is 10.1. The number of halogens is 2. The zero-order valence-corrected chi connectivity index (χ0v) is 12.8. The van der Waals surface area contributed by atoms with Gasteiger partial charge in [-0.15, -0.1) is 0 Å². The Balaban J connectivity index is 2.27. The minimum absolute atomic E-state index is 0.131. The van der Waals surface area contributed by atoms with Crippen LogP contribution in [0.2, 0.25) is 10.0 Å². The molecule has 2 rings (SSSR count). The van der Waals surface area contributed by atoms with E-state index < -0.39 is 0 Å². The van der Waals surface area contributed by atoms with Crippen LogP contribution in [0.3, 0.4) is 0 Å². The van der Waals surface area contributed by atoms with Crippen LogP contribution in [0.1, 0.15) is 30.8 Å². The van der Waals surface area contributed by atoms with Gasteiger partial charge >= 0.3 is 0 Å². The van der Waals surface area contributed by atoms with E-state index >= 15 is 0 Å². The highest BCUT2D eigenvalue weighted by Gasteiger charge is 2.19. The largest absolute Gasteiger partial charge is 0.334 e. The van der Waals surface area contributed by atoms with Crippen molar-refractivity contribution in [1.82, 2.24) is 15.0 Å². The number of aryl methyl sites for hydroxylation is 1. The van der Waals surface area contributed by atoms with E-state index in [1.165, 1.54) is 0 Å². The van der Waals surface area contributed by atoms with Crippen LogP contribution in [0, 0.1) is 0 Å². The fourth-order valence-electron chi connectivity index (χ4n) is 2.22. The third-order valence-corrected chi connectivity index (χ3v) is 3.90. The molecule has 108 valence electrons. The van der Waals surface area contributed by atoms with Crippen molar-refractivity contribution in [2.45, 2.75) is 32.4 Å². The molecule has 1 aromatic carbocycles. The Hall–Kier alpha value is -1.07. The van der Waals surface area contributed by atoms with E-state index in [1.54, 1.807) is 6.20 Å². The minimum atomic E-state index is -0.131. The van der Waals surface area contributed by atoms with Gasteiger partial charge in [-0.2, -0.15) is 0 Å². The van der Waals surface area contributed by atoms with Crippen molar-refractivity contribution in [1.29, 1.82) is 0 Å². The predicted octanol–water partition coefficient (Wildman–Crippen LogP) is 3.35. The van der Waals surface area contributed by atoms with Crippen LogP contribution >= 0.6 is 23.2 Å². The molecular weight excluding hydrogens is 295 g/mol. The average Bonchev–Trinajstić information content (AvgIpc) is 2.87. The molecule has 20 heavy (non-hydrogen) atoms. The van der Waals surface area contributed by atoms with Crippen molar-refractivity contribution in [3.63, 3.8) is 0 Å². The van der Waals surface area contributed by atoms with Crippen LogP contribution in [-0.4, -0.2) is 9.55 Å². The molecule has 0 bridgehead atoms. The highest BCUT2D eigenvalue weighted by molar-refractivity contribution is 6.36. The maximum atomic E-state index is 6.21. The molecule has 3 N–H and O–H groups in total. The van der Waals surface area contributed by atoms with E-state index in [9.17, 15) is 0 Å². The fraction of sp³-hybridized carbons (Fsp3) is 0.357. The molecule has 0 aliphatic carbocycles. The molecule has 0 spiro atoms. The van der Waals surface area contributed by atoms with Gasteiger partial charge in [-0.1, -0.05) is 36.2 Å². The topological polar surface area (TPSA) is 55.9 Å². The van der Waals surface area contributed by atoms with Gasteiger partial charge in [0, 0.05) is 29.0 Å².